The van der Waals surface area contributed by atoms with E-state index < -0.39 is 23.6 Å². The van der Waals surface area contributed by atoms with Gasteiger partial charge in [0.15, 0.2) is 16.9 Å². The molecule has 62 heavy (non-hydrogen) atoms. The lowest BCUT2D eigenvalue weighted by Gasteiger charge is -2.43. The summed E-state index contributed by atoms with van der Waals surface area (Å²) in [5.74, 6) is -0.0790. The molecule has 9 rings (SSSR count). The predicted molar refractivity (Wildman–Crippen MR) is 238 cm³/mol. The van der Waals surface area contributed by atoms with Crippen molar-refractivity contribution in [2.24, 2.45) is 5.92 Å². The summed E-state index contributed by atoms with van der Waals surface area (Å²) < 4.78 is 21.2. The molecule has 0 saturated heterocycles. The van der Waals surface area contributed by atoms with E-state index in [4.69, 9.17) is 34.0 Å². The molecule has 0 radical (unpaired) electrons. The summed E-state index contributed by atoms with van der Waals surface area (Å²) >= 11 is 0. The van der Waals surface area contributed by atoms with E-state index in [1.807, 2.05) is 150 Å². The van der Waals surface area contributed by atoms with Gasteiger partial charge >= 0.3 is 0 Å². The minimum Gasteiger partial charge on any atom is -0.471 e. The average molecular weight is 822 g/mol. The molecule has 1 aliphatic carbocycles. The van der Waals surface area contributed by atoms with Gasteiger partial charge in [-0.25, -0.2) is 4.98 Å². The van der Waals surface area contributed by atoms with Gasteiger partial charge in [0.05, 0.1) is 51.3 Å². The van der Waals surface area contributed by atoms with Crippen LogP contribution in [0.2, 0.25) is 0 Å². The molecule has 2 heterocycles. The zero-order chi connectivity index (χ0) is 42.1. The maximum atomic E-state index is 14.8. The Balaban J connectivity index is 1.16. The average Bonchev–Trinajstić information content (AvgIpc) is 3.90. The number of carbonyl (C=O) groups excluding carboxylic acids is 1. The molecular weight excluding hydrogens is 775 g/mol. The summed E-state index contributed by atoms with van der Waals surface area (Å²) in [7, 11) is 1.62. The highest BCUT2D eigenvalue weighted by Crippen LogP contribution is 2.45. The molecule has 0 bridgehead atoms. The van der Waals surface area contributed by atoms with Crippen LogP contribution >= 0.6 is 0 Å². The molecular formula is C52H47N5O5. The third kappa shape index (κ3) is 8.23. The summed E-state index contributed by atoms with van der Waals surface area (Å²) in [6.45, 7) is 1.17. The van der Waals surface area contributed by atoms with Crippen molar-refractivity contribution in [3.63, 3.8) is 0 Å². The molecule has 0 aliphatic heterocycles. The zero-order valence-corrected chi connectivity index (χ0v) is 34.4. The monoisotopic (exact) mass is 821 g/mol. The maximum Gasteiger partial charge on any atom is 0.256 e. The fourth-order valence-corrected chi connectivity index (χ4v) is 8.49. The van der Waals surface area contributed by atoms with Crippen LogP contribution in [-0.4, -0.2) is 45.1 Å². The topological polar surface area (TPSA) is 101 Å². The molecule has 0 spiro atoms. The third-order valence-corrected chi connectivity index (χ3v) is 11.5. The van der Waals surface area contributed by atoms with Gasteiger partial charge in [-0.2, -0.15) is 15.0 Å². The number of hydrogen-bond donors (Lipinski definition) is 0. The number of Topliss-reactive ketones (excluding diaryl/α,β-unsaturated/α-hetero) is 1. The van der Waals surface area contributed by atoms with E-state index >= 15 is 0 Å². The molecule has 1 saturated carbocycles. The molecule has 10 nitrogen and oxygen atoms in total. The van der Waals surface area contributed by atoms with Crippen molar-refractivity contribution in [1.82, 2.24) is 19.5 Å². The van der Waals surface area contributed by atoms with Crippen LogP contribution in [0.3, 0.4) is 0 Å². The Kier molecular flexibility index (Phi) is 12.2. The van der Waals surface area contributed by atoms with Crippen molar-refractivity contribution in [3.05, 3.63) is 222 Å². The zero-order valence-electron chi connectivity index (χ0n) is 34.4. The minimum atomic E-state index is -1.09. The fourth-order valence-electron chi connectivity index (χ4n) is 8.49. The number of hydrogen-bond acceptors (Lipinski definition) is 9. The lowest BCUT2D eigenvalue weighted by molar-refractivity contribution is -0.127. The van der Waals surface area contributed by atoms with Gasteiger partial charge in [0.2, 0.25) is 5.88 Å². The molecule has 6 aromatic carbocycles. The number of carbonyl (C=O) groups is 1. The van der Waals surface area contributed by atoms with E-state index in [0.717, 1.165) is 33.4 Å². The van der Waals surface area contributed by atoms with Crippen molar-refractivity contribution in [2.45, 2.75) is 43.9 Å². The number of fused-ring (bicyclic) bond motifs is 1. The Bertz CT molecular complexity index is 2570. The Labute approximate surface area is 361 Å². The highest BCUT2D eigenvalue weighted by molar-refractivity contribution is 5.90. The van der Waals surface area contributed by atoms with Gasteiger partial charge < -0.3 is 18.8 Å². The van der Waals surface area contributed by atoms with Gasteiger partial charge in [0, 0.05) is 6.42 Å². The SMILES string of the molecule is CON(c1nc(OCc2ccccc2)c2ncn(C3CC(OCc4ccccc4)C(COCc4ccccc4)C3=O)c2n1)C(c1ccccc1)(c1ccccc1)c1ccccc1. The molecule has 1 fully saturated rings. The van der Waals surface area contributed by atoms with Crippen molar-refractivity contribution in [2.75, 3.05) is 18.8 Å². The van der Waals surface area contributed by atoms with Gasteiger partial charge in [-0.3, -0.25) is 9.63 Å². The molecule has 3 unspecified atom stereocenters. The van der Waals surface area contributed by atoms with Crippen LogP contribution < -0.4 is 9.80 Å². The molecule has 0 amide bonds. The number of rotatable bonds is 17. The largest absolute Gasteiger partial charge is 0.471 e. The first-order valence-electron chi connectivity index (χ1n) is 20.9. The van der Waals surface area contributed by atoms with Crippen molar-refractivity contribution >= 4 is 22.9 Å². The van der Waals surface area contributed by atoms with Gasteiger partial charge in [-0.15, -0.1) is 0 Å². The van der Waals surface area contributed by atoms with Crippen LogP contribution in [0.1, 0.15) is 45.8 Å². The van der Waals surface area contributed by atoms with Gasteiger partial charge in [0.1, 0.15) is 12.1 Å². The van der Waals surface area contributed by atoms with Crippen molar-refractivity contribution in [1.29, 1.82) is 0 Å². The maximum absolute atomic E-state index is 14.8. The van der Waals surface area contributed by atoms with Gasteiger partial charge in [-0.05, 0) is 33.4 Å². The number of anilines is 1. The molecule has 3 atom stereocenters. The second-order valence-electron chi connectivity index (χ2n) is 15.3. The number of ether oxygens (including phenoxy) is 3. The highest BCUT2D eigenvalue weighted by atomic mass is 16.7. The van der Waals surface area contributed by atoms with Gasteiger partial charge in [-0.1, -0.05) is 182 Å². The Morgan fingerprint density at radius 1 is 0.629 bits per heavy atom. The van der Waals surface area contributed by atoms with Crippen LogP contribution in [-0.2, 0) is 44.5 Å². The molecule has 1 aliphatic rings. The van der Waals surface area contributed by atoms with E-state index in [0.29, 0.717) is 30.8 Å². The first-order chi connectivity index (χ1) is 30.6. The smallest absolute Gasteiger partial charge is 0.256 e. The van der Waals surface area contributed by atoms with Crippen LogP contribution in [0.4, 0.5) is 5.95 Å². The van der Waals surface area contributed by atoms with Crippen LogP contribution in [0.5, 0.6) is 5.88 Å². The summed E-state index contributed by atoms with van der Waals surface area (Å²) in [5, 5.41) is 1.74. The minimum absolute atomic E-state index is 0.0156. The first kappa shape index (κ1) is 40.4. The number of imidazole rings is 1. The summed E-state index contributed by atoms with van der Waals surface area (Å²) in [6.07, 6.45) is 1.64. The van der Waals surface area contributed by atoms with Crippen molar-refractivity contribution < 1.29 is 23.8 Å². The number of hydroxylamine groups is 1. The number of ketones is 1. The summed E-state index contributed by atoms with van der Waals surface area (Å²) in [5.41, 5.74) is 5.54. The van der Waals surface area contributed by atoms with E-state index in [2.05, 4.69) is 36.4 Å². The van der Waals surface area contributed by atoms with Crippen LogP contribution in [0.25, 0.3) is 11.2 Å². The Morgan fingerprint density at radius 3 is 1.63 bits per heavy atom. The molecule has 2 aromatic heterocycles. The lowest BCUT2D eigenvalue weighted by atomic mass is 9.76. The number of nitrogens with zero attached hydrogens (tertiary/aromatic N) is 5. The van der Waals surface area contributed by atoms with E-state index in [9.17, 15) is 4.79 Å². The highest BCUT2D eigenvalue weighted by Gasteiger charge is 2.47. The third-order valence-electron chi connectivity index (χ3n) is 11.5. The van der Waals surface area contributed by atoms with E-state index in [1.165, 1.54) is 0 Å². The summed E-state index contributed by atoms with van der Waals surface area (Å²) in [6, 6.07) is 59.7. The molecule has 10 heteroatoms. The van der Waals surface area contributed by atoms with E-state index in [-0.39, 0.29) is 30.8 Å². The van der Waals surface area contributed by atoms with Crippen LogP contribution in [0, 0.1) is 5.92 Å². The van der Waals surface area contributed by atoms with Crippen LogP contribution in [0.15, 0.2) is 188 Å². The Hall–Kier alpha value is -6.98. The molecule has 0 N–H and O–H groups in total. The summed E-state index contributed by atoms with van der Waals surface area (Å²) in [4.78, 5) is 36.5. The predicted octanol–water partition coefficient (Wildman–Crippen LogP) is 9.70. The van der Waals surface area contributed by atoms with E-state index in [1.54, 1.807) is 18.5 Å². The normalized spacial score (nSPS) is 16.4. The standard InChI is InChI=1S/C52H47N5O5/c1-59-57(52(41-26-14-5-15-27-41,42-28-16-6-17-29-42)43-30-18-7-19-31-43)51-54-49-47(50(55-51)62-35-40-24-12-4-13-25-40)53-37-56(49)45-32-46(61-34-39-22-10-3-11-23-39)44(48(45)58)36-60-33-38-20-8-2-9-21-38/h2-31,37,44-46H,32-36H2,1H3. The molecule has 310 valence electrons. The Morgan fingerprint density at radius 2 is 1.11 bits per heavy atom. The number of benzene rings is 6. The lowest BCUT2D eigenvalue weighted by Crippen LogP contribution is -2.48. The first-order valence-corrected chi connectivity index (χ1v) is 20.9. The second kappa shape index (κ2) is 18.7. The second-order valence-corrected chi connectivity index (χ2v) is 15.3. The van der Waals surface area contributed by atoms with Crippen molar-refractivity contribution in [3.8, 4) is 5.88 Å². The number of aromatic nitrogens is 4. The molecule has 8 aromatic rings. The quantitative estimate of drug-likeness (QED) is 0.0657. The van der Waals surface area contributed by atoms with Gasteiger partial charge in [0.25, 0.3) is 5.95 Å². The fraction of sp³-hybridized carbons (Fsp3) is 0.192.